The summed E-state index contributed by atoms with van der Waals surface area (Å²) < 4.78 is 5.22. The maximum Gasteiger partial charge on any atom is 0.289 e. The molecule has 34 heavy (non-hydrogen) atoms. The molecule has 2 aromatic heterocycles. The molecule has 3 amide bonds. The number of piperidine rings is 1. The zero-order chi connectivity index (χ0) is 23.7. The lowest BCUT2D eigenvalue weighted by molar-refractivity contribution is -0.127. The van der Waals surface area contributed by atoms with E-state index in [1.54, 1.807) is 33.3 Å². The Morgan fingerprint density at radius 3 is 2.47 bits per heavy atom. The average molecular weight is 478 g/mol. The van der Waals surface area contributed by atoms with Crippen molar-refractivity contribution in [3.8, 4) is 0 Å². The van der Waals surface area contributed by atoms with Crippen LogP contribution >= 0.6 is 11.3 Å². The predicted octanol–water partition coefficient (Wildman–Crippen LogP) is 4.16. The molecule has 1 aromatic carbocycles. The number of likely N-dealkylation sites (tertiary alicyclic amines) is 1. The lowest BCUT2D eigenvalue weighted by atomic mass is 9.96. The summed E-state index contributed by atoms with van der Waals surface area (Å²) in [5.41, 5.74) is 1.93. The Hall–Kier alpha value is -3.39. The molecule has 2 saturated heterocycles. The summed E-state index contributed by atoms with van der Waals surface area (Å²) >= 11 is 1.57. The van der Waals surface area contributed by atoms with Crippen LogP contribution in [0.1, 0.15) is 46.3 Å². The first-order valence-electron chi connectivity index (χ1n) is 11.6. The number of thiophene rings is 1. The zero-order valence-corrected chi connectivity index (χ0v) is 19.8. The maximum atomic E-state index is 13.4. The summed E-state index contributed by atoms with van der Waals surface area (Å²) in [6.45, 7) is 3.12. The molecule has 0 bridgehead atoms. The second-order valence-corrected chi connectivity index (χ2v) is 9.90. The smallest absolute Gasteiger partial charge is 0.289 e. The van der Waals surface area contributed by atoms with E-state index in [0.29, 0.717) is 31.7 Å². The minimum absolute atomic E-state index is 0.0272. The van der Waals surface area contributed by atoms with Gasteiger partial charge in [-0.2, -0.15) is 0 Å². The molecule has 2 fully saturated rings. The number of hydrogen-bond donors (Lipinski definition) is 1. The summed E-state index contributed by atoms with van der Waals surface area (Å²) in [7, 11) is 0. The van der Waals surface area contributed by atoms with Gasteiger partial charge in [0.25, 0.3) is 5.91 Å². The zero-order valence-electron chi connectivity index (χ0n) is 19.0. The molecule has 2 atom stereocenters. The Morgan fingerprint density at radius 2 is 1.82 bits per heavy atom. The van der Waals surface area contributed by atoms with Gasteiger partial charge in [0, 0.05) is 36.1 Å². The van der Waals surface area contributed by atoms with E-state index >= 15 is 0 Å². The Labute approximate surface area is 202 Å². The van der Waals surface area contributed by atoms with Crippen molar-refractivity contribution >= 4 is 34.7 Å². The van der Waals surface area contributed by atoms with E-state index in [9.17, 15) is 14.4 Å². The van der Waals surface area contributed by atoms with Crippen molar-refractivity contribution in [3.05, 3.63) is 76.4 Å². The van der Waals surface area contributed by atoms with Crippen LogP contribution in [0, 0.1) is 12.8 Å². The van der Waals surface area contributed by atoms with Gasteiger partial charge in [0.05, 0.1) is 18.2 Å². The van der Waals surface area contributed by atoms with Crippen molar-refractivity contribution in [1.82, 2.24) is 10.2 Å². The first-order chi connectivity index (χ1) is 16.5. The number of carbonyl (C=O) groups is 3. The molecular weight excluding hydrogens is 450 g/mol. The standard InChI is InChI=1S/C26H27N3O4S/c1-17-6-8-19(9-7-17)29-23(30)16-20(24(29)22-5-3-15-34-22)25(31)27-18-10-12-28(13-11-18)26(32)21-4-2-14-33-21/h2-9,14-15,18,20,24H,10-13,16H2,1H3,(H,27,31). The van der Waals surface area contributed by atoms with Crippen molar-refractivity contribution in [1.29, 1.82) is 0 Å². The number of benzene rings is 1. The van der Waals surface area contributed by atoms with Gasteiger partial charge in [-0.05, 0) is 55.5 Å². The summed E-state index contributed by atoms with van der Waals surface area (Å²) in [5.74, 6) is -0.390. The molecule has 3 aromatic rings. The topological polar surface area (TPSA) is 82.9 Å². The Balaban J connectivity index is 1.28. The third-order valence-electron chi connectivity index (χ3n) is 6.67. The van der Waals surface area contributed by atoms with Gasteiger partial charge in [-0.15, -0.1) is 11.3 Å². The van der Waals surface area contributed by atoms with Gasteiger partial charge in [0.1, 0.15) is 0 Å². The van der Waals surface area contributed by atoms with Gasteiger partial charge < -0.3 is 19.5 Å². The summed E-state index contributed by atoms with van der Waals surface area (Å²) in [5, 5.41) is 5.15. The highest BCUT2D eigenvalue weighted by atomic mass is 32.1. The minimum Gasteiger partial charge on any atom is -0.459 e. The van der Waals surface area contributed by atoms with Gasteiger partial charge in [-0.25, -0.2) is 0 Å². The molecule has 0 spiro atoms. The quantitative estimate of drug-likeness (QED) is 0.598. The van der Waals surface area contributed by atoms with E-state index in [-0.39, 0.29) is 36.2 Å². The van der Waals surface area contributed by atoms with Crippen molar-refractivity contribution in [3.63, 3.8) is 0 Å². The molecule has 5 rings (SSSR count). The molecule has 2 aliphatic rings. The third kappa shape index (κ3) is 4.37. The molecule has 2 aliphatic heterocycles. The molecule has 8 heteroatoms. The van der Waals surface area contributed by atoms with Crippen LogP contribution in [-0.4, -0.2) is 41.8 Å². The lowest BCUT2D eigenvalue weighted by Crippen LogP contribution is -2.48. The van der Waals surface area contributed by atoms with Gasteiger partial charge >= 0.3 is 0 Å². The second-order valence-electron chi connectivity index (χ2n) is 8.92. The highest BCUT2D eigenvalue weighted by Gasteiger charge is 2.46. The Bertz CT molecular complexity index is 1150. The van der Waals surface area contributed by atoms with Gasteiger partial charge in [-0.1, -0.05) is 23.8 Å². The van der Waals surface area contributed by atoms with Crippen molar-refractivity contribution in [2.45, 2.75) is 38.3 Å². The van der Waals surface area contributed by atoms with Crippen molar-refractivity contribution in [2.24, 2.45) is 5.92 Å². The summed E-state index contributed by atoms with van der Waals surface area (Å²) in [6, 6.07) is 14.8. The number of nitrogens with one attached hydrogen (secondary N) is 1. The van der Waals surface area contributed by atoms with Gasteiger partial charge in [-0.3, -0.25) is 14.4 Å². The number of rotatable bonds is 5. The second kappa shape index (κ2) is 9.46. The van der Waals surface area contributed by atoms with Gasteiger partial charge in [0.15, 0.2) is 5.76 Å². The molecule has 0 radical (unpaired) electrons. The monoisotopic (exact) mass is 477 g/mol. The van der Waals surface area contributed by atoms with Crippen LogP contribution < -0.4 is 10.2 Å². The van der Waals surface area contributed by atoms with E-state index in [2.05, 4.69) is 5.32 Å². The highest BCUT2D eigenvalue weighted by molar-refractivity contribution is 7.10. The van der Waals surface area contributed by atoms with Crippen LogP contribution in [0.15, 0.2) is 64.6 Å². The number of amides is 3. The average Bonchev–Trinajstić information content (AvgIpc) is 3.61. The van der Waals surface area contributed by atoms with Crippen LogP contribution in [0.4, 0.5) is 5.69 Å². The van der Waals surface area contributed by atoms with E-state index in [1.807, 2.05) is 48.7 Å². The maximum absolute atomic E-state index is 13.4. The fraction of sp³-hybridized carbons (Fsp3) is 0.346. The molecule has 0 saturated carbocycles. The number of anilines is 1. The molecule has 176 valence electrons. The van der Waals surface area contributed by atoms with E-state index in [1.165, 1.54) is 6.26 Å². The normalized spacial score (nSPS) is 21.1. The molecule has 0 aliphatic carbocycles. The number of carbonyl (C=O) groups excluding carboxylic acids is 3. The lowest BCUT2D eigenvalue weighted by Gasteiger charge is -2.33. The van der Waals surface area contributed by atoms with Crippen LogP contribution in [0.25, 0.3) is 0 Å². The molecule has 7 nitrogen and oxygen atoms in total. The summed E-state index contributed by atoms with van der Waals surface area (Å²) in [4.78, 5) is 43.6. The van der Waals surface area contributed by atoms with Crippen molar-refractivity contribution in [2.75, 3.05) is 18.0 Å². The number of aryl methyl sites for hydroxylation is 1. The van der Waals surface area contributed by atoms with Crippen LogP contribution in [-0.2, 0) is 9.59 Å². The van der Waals surface area contributed by atoms with Crippen molar-refractivity contribution < 1.29 is 18.8 Å². The minimum atomic E-state index is -0.463. The summed E-state index contributed by atoms with van der Waals surface area (Å²) in [6.07, 6.45) is 3.01. The molecular formula is C26H27N3O4S. The number of hydrogen-bond acceptors (Lipinski definition) is 5. The molecule has 4 heterocycles. The first-order valence-corrected chi connectivity index (χ1v) is 12.4. The van der Waals surface area contributed by atoms with E-state index in [0.717, 1.165) is 16.1 Å². The van der Waals surface area contributed by atoms with Crippen LogP contribution in [0.5, 0.6) is 0 Å². The third-order valence-corrected chi connectivity index (χ3v) is 7.61. The Kier molecular flexibility index (Phi) is 6.24. The van der Waals surface area contributed by atoms with E-state index < -0.39 is 5.92 Å². The first kappa shape index (κ1) is 22.4. The van der Waals surface area contributed by atoms with Crippen LogP contribution in [0.3, 0.4) is 0 Å². The number of nitrogens with zero attached hydrogens (tertiary/aromatic N) is 2. The van der Waals surface area contributed by atoms with Gasteiger partial charge in [0.2, 0.25) is 11.8 Å². The largest absolute Gasteiger partial charge is 0.459 e. The predicted molar refractivity (Wildman–Crippen MR) is 130 cm³/mol. The molecule has 1 N–H and O–H groups in total. The SMILES string of the molecule is Cc1ccc(N2C(=O)CC(C(=O)NC3CCN(C(=O)c4ccco4)CC3)C2c2cccs2)cc1. The van der Waals surface area contributed by atoms with E-state index in [4.69, 9.17) is 4.42 Å². The molecule has 2 unspecified atom stereocenters. The highest BCUT2D eigenvalue weighted by Crippen LogP contribution is 2.43. The number of furan rings is 1. The fourth-order valence-corrected chi connectivity index (χ4v) is 5.74. The fourth-order valence-electron chi connectivity index (χ4n) is 4.86. The Morgan fingerprint density at radius 1 is 1.06 bits per heavy atom. The van der Waals surface area contributed by atoms with Crippen LogP contribution in [0.2, 0.25) is 0 Å².